The first-order valence-corrected chi connectivity index (χ1v) is 16.0. The Balaban J connectivity index is 1.22. The fourth-order valence-electron chi connectivity index (χ4n) is 5.82. The number of aromatic nitrogens is 4. The largest absolute Gasteiger partial charge is 0.245 e. The summed E-state index contributed by atoms with van der Waals surface area (Å²) < 4.78 is 5.01. The predicted molar refractivity (Wildman–Crippen MR) is 185 cm³/mol. The van der Waals surface area contributed by atoms with Gasteiger partial charge in [0.1, 0.15) is 0 Å². The summed E-state index contributed by atoms with van der Waals surface area (Å²) in [5.74, 6) is 1.95. The van der Waals surface area contributed by atoms with Gasteiger partial charge in [-0.15, -0.1) is 22.7 Å². The van der Waals surface area contributed by atoms with Crippen LogP contribution in [0.2, 0.25) is 0 Å². The molecule has 0 atom stereocenters. The lowest BCUT2D eigenvalue weighted by Crippen LogP contribution is -2.00. The van der Waals surface area contributed by atoms with Crippen LogP contribution in [0.15, 0.2) is 133 Å². The molecule has 0 N–H and O–H groups in total. The van der Waals surface area contributed by atoms with E-state index in [2.05, 4.69) is 72.8 Å². The first-order chi connectivity index (χ1) is 21.8. The van der Waals surface area contributed by atoms with Crippen LogP contribution in [0.4, 0.5) is 0 Å². The van der Waals surface area contributed by atoms with Crippen LogP contribution in [0.5, 0.6) is 0 Å². The molecule has 44 heavy (non-hydrogen) atoms. The number of thiophene rings is 2. The van der Waals surface area contributed by atoms with Gasteiger partial charge in [-0.2, -0.15) is 0 Å². The Morgan fingerprint density at radius 2 is 0.818 bits per heavy atom. The lowest BCUT2D eigenvalue weighted by Gasteiger charge is -2.09. The molecule has 0 saturated carbocycles. The molecule has 4 aromatic heterocycles. The highest BCUT2D eigenvalue weighted by Crippen LogP contribution is 2.47. The predicted octanol–water partition coefficient (Wildman–Crippen LogP) is 10.7. The first kappa shape index (κ1) is 25.2. The van der Waals surface area contributed by atoms with Gasteiger partial charge in [0.05, 0.1) is 20.6 Å². The van der Waals surface area contributed by atoms with Crippen LogP contribution in [0.1, 0.15) is 0 Å². The summed E-state index contributed by atoms with van der Waals surface area (Å²) >= 11 is 3.65. The average molecular weight is 599 g/mol. The SMILES string of the molecule is c1ccc(-c2nc(-c3ccccc3)nc(-c3ccc(-c4nc5c6ccccc6sc5c5c4sc4ccccc45)cc3)n2)cc1. The highest BCUT2D eigenvalue weighted by atomic mass is 32.1. The Morgan fingerprint density at radius 3 is 1.43 bits per heavy atom. The van der Waals surface area contributed by atoms with E-state index in [1.807, 2.05) is 83.3 Å². The highest BCUT2D eigenvalue weighted by Gasteiger charge is 2.19. The van der Waals surface area contributed by atoms with Crippen molar-refractivity contribution in [1.29, 1.82) is 0 Å². The maximum absolute atomic E-state index is 5.35. The van der Waals surface area contributed by atoms with Gasteiger partial charge in [0.25, 0.3) is 0 Å². The summed E-state index contributed by atoms with van der Waals surface area (Å²) in [6.45, 7) is 0. The molecule has 0 bridgehead atoms. The van der Waals surface area contributed by atoms with Crippen LogP contribution in [0.3, 0.4) is 0 Å². The van der Waals surface area contributed by atoms with Gasteiger partial charge in [-0.25, -0.2) is 19.9 Å². The van der Waals surface area contributed by atoms with Gasteiger partial charge in [-0.3, -0.25) is 0 Å². The minimum Gasteiger partial charge on any atom is -0.245 e. The number of hydrogen-bond acceptors (Lipinski definition) is 6. The fourth-order valence-corrected chi connectivity index (χ4v) is 8.32. The molecule has 0 saturated heterocycles. The van der Waals surface area contributed by atoms with Crippen molar-refractivity contribution in [2.75, 3.05) is 0 Å². The summed E-state index contributed by atoms with van der Waals surface area (Å²) in [7, 11) is 0. The zero-order valence-corrected chi connectivity index (χ0v) is 24.9. The minimum atomic E-state index is 0.642. The molecule has 206 valence electrons. The molecule has 5 aromatic carbocycles. The number of fused-ring (bicyclic) bond motifs is 7. The molecule has 0 aliphatic carbocycles. The molecule has 4 heterocycles. The van der Waals surface area contributed by atoms with Crippen molar-refractivity contribution in [2.45, 2.75) is 0 Å². The average Bonchev–Trinajstić information content (AvgIpc) is 3.67. The maximum atomic E-state index is 5.35. The van der Waals surface area contributed by atoms with Gasteiger partial charge < -0.3 is 0 Å². The van der Waals surface area contributed by atoms with Gasteiger partial charge in [-0.1, -0.05) is 121 Å². The number of rotatable bonds is 4. The van der Waals surface area contributed by atoms with Crippen molar-refractivity contribution >= 4 is 63.1 Å². The lowest BCUT2D eigenvalue weighted by atomic mass is 10.0. The summed E-state index contributed by atoms with van der Waals surface area (Å²) in [5.41, 5.74) is 5.99. The number of benzene rings is 5. The topological polar surface area (TPSA) is 51.6 Å². The van der Waals surface area contributed by atoms with E-state index in [0.717, 1.165) is 33.5 Å². The zero-order chi connectivity index (χ0) is 29.0. The maximum Gasteiger partial charge on any atom is 0.164 e. The number of pyridine rings is 1. The molecule has 0 unspecified atom stereocenters. The van der Waals surface area contributed by atoms with Crippen molar-refractivity contribution in [3.05, 3.63) is 133 Å². The van der Waals surface area contributed by atoms with E-state index in [1.54, 1.807) is 0 Å². The van der Waals surface area contributed by atoms with E-state index >= 15 is 0 Å². The van der Waals surface area contributed by atoms with Gasteiger partial charge in [0.2, 0.25) is 0 Å². The third kappa shape index (κ3) is 4.11. The van der Waals surface area contributed by atoms with Crippen molar-refractivity contribution in [3.8, 4) is 45.4 Å². The molecule has 0 radical (unpaired) electrons. The molecule has 9 aromatic rings. The lowest BCUT2D eigenvalue weighted by molar-refractivity contribution is 1.07. The molecule has 0 aliphatic rings. The van der Waals surface area contributed by atoms with Crippen LogP contribution in [-0.4, -0.2) is 19.9 Å². The zero-order valence-electron chi connectivity index (χ0n) is 23.3. The third-order valence-corrected chi connectivity index (χ3v) is 10.3. The summed E-state index contributed by atoms with van der Waals surface area (Å²) in [5, 5.41) is 3.79. The van der Waals surface area contributed by atoms with Gasteiger partial charge in [0, 0.05) is 47.8 Å². The molecule has 0 amide bonds. The Hall–Kier alpha value is -5.30. The number of hydrogen-bond donors (Lipinski definition) is 0. The van der Waals surface area contributed by atoms with Gasteiger partial charge in [-0.05, 0) is 12.1 Å². The monoisotopic (exact) mass is 598 g/mol. The second-order valence-corrected chi connectivity index (χ2v) is 12.8. The van der Waals surface area contributed by atoms with Crippen LogP contribution in [0, 0.1) is 0 Å². The first-order valence-electron chi connectivity index (χ1n) is 14.4. The molecular formula is C38H22N4S2. The Bertz CT molecular complexity index is 2420. The van der Waals surface area contributed by atoms with E-state index in [9.17, 15) is 0 Å². The second-order valence-electron chi connectivity index (χ2n) is 10.7. The molecule has 0 fully saturated rings. The molecule has 0 spiro atoms. The van der Waals surface area contributed by atoms with Crippen LogP contribution in [0.25, 0.3) is 85.9 Å². The summed E-state index contributed by atoms with van der Waals surface area (Å²) in [4.78, 5) is 20.0. The standard InChI is InChI=1S/C38H22N4S2/c1-3-11-24(12-4-1)36-40-37(25-13-5-2-6-14-25)42-38(41-36)26-21-19-23(20-22-26)32-34-31(27-15-7-9-17-29(27)43-34)35-33(39-32)28-16-8-10-18-30(28)44-35/h1-22H. The summed E-state index contributed by atoms with van der Waals surface area (Å²) in [6.07, 6.45) is 0. The molecule has 4 nitrogen and oxygen atoms in total. The van der Waals surface area contributed by atoms with Crippen LogP contribution in [-0.2, 0) is 0 Å². The quantitative estimate of drug-likeness (QED) is 0.202. The van der Waals surface area contributed by atoms with Crippen LogP contribution >= 0.6 is 22.7 Å². The van der Waals surface area contributed by atoms with E-state index in [4.69, 9.17) is 19.9 Å². The Kier molecular flexibility index (Phi) is 5.82. The van der Waals surface area contributed by atoms with E-state index in [-0.39, 0.29) is 0 Å². The highest BCUT2D eigenvalue weighted by molar-refractivity contribution is 7.30. The van der Waals surface area contributed by atoms with Crippen molar-refractivity contribution < 1.29 is 0 Å². The second kappa shape index (κ2) is 10.2. The summed E-state index contributed by atoms with van der Waals surface area (Å²) in [6, 6.07) is 45.9. The molecule has 0 aliphatic heterocycles. The third-order valence-electron chi connectivity index (χ3n) is 7.95. The van der Waals surface area contributed by atoms with Gasteiger partial charge in [0.15, 0.2) is 17.5 Å². The van der Waals surface area contributed by atoms with E-state index in [0.29, 0.717) is 17.5 Å². The Labute approximate surface area is 261 Å². The normalized spacial score (nSPS) is 11.6. The fraction of sp³-hybridized carbons (Fsp3) is 0. The molecule has 6 heteroatoms. The van der Waals surface area contributed by atoms with Gasteiger partial charge >= 0.3 is 0 Å². The molecular weight excluding hydrogens is 577 g/mol. The smallest absolute Gasteiger partial charge is 0.164 e. The van der Waals surface area contributed by atoms with Crippen molar-refractivity contribution in [2.24, 2.45) is 0 Å². The van der Waals surface area contributed by atoms with Crippen molar-refractivity contribution in [1.82, 2.24) is 19.9 Å². The molecule has 9 rings (SSSR count). The van der Waals surface area contributed by atoms with Crippen molar-refractivity contribution in [3.63, 3.8) is 0 Å². The Morgan fingerprint density at radius 1 is 0.364 bits per heavy atom. The van der Waals surface area contributed by atoms with E-state index < -0.39 is 0 Å². The van der Waals surface area contributed by atoms with Crippen LogP contribution < -0.4 is 0 Å². The van der Waals surface area contributed by atoms with E-state index in [1.165, 1.54) is 35.0 Å². The number of nitrogens with zero attached hydrogens (tertiary/aromatic N) is 4. The minimum absolute atomic E-state index is 0.642.